The number of benzene rings is 6. The molecule has 3 heteroatoms. The van der Waals surface area contributed by atoms with Crippen molar-refractivity contribution in [2.75, 3.05) is 0 Å². The average Bonchev–Trinajstić information content (AvgIpc) is 3.43. The van der Waals surface area contributed by atoms with Crippen molar-refractivity contribution in [1.29, 1.82) is 0 Å². The molecule has 8 aromatic rings. The molecule has 0 atom stereocenters. The van der Waals surface area contributed by atoms with E-state index in [1.54, 1.807) is 0 Å². The SMILES string of the molecule is c1cc(-c2ccc3oc4c(c3c2)-c2ccccc2CC4)cc(-c2cnc3c4ccccc4c4ccccc4c3n2)c1. The number of aromatic nitrogens is 2. The summed E-state index contributed by atoms with van der Waals surface area (Å²) in [7, 11) is 0. The van der Waals surface area contributed by atoms with Gasteiger partial charge in [-0.15, -0.1) is 0 Å². The van der Waals surface area contributed by atoms with Crippen molar-refractivity contribution >= 4 is 43.5 Å². The third-order valence-electron chi connectivity index (χ3n) is 8.59. The summed E-state index contributed by atoms with van der Waals surface area (Å²) in [5.74, 6) is 1.09. The molecule has 0 aliphatic heterocycles. The number of rotatable bonds is 2. The largest absolute Gasteiger partial charge is 0.460 e. The molecule has 0 saturated carbocycles. The normalized spacial score (nSPS) is 12.7. The van der Waals surface area contributed by atoms with E-state index in [1.165, 1.54) is 32.8 Å². The van der Waals surface area contributed by atoms with E-state index in [2.05, 4.69) is 115 Å². The van der Waals surface area contributed by atoms with Crippen molar-refractivity contribution in [1.82, 2.24) is 9.97 Å². The predicted octanol–water partition coefficient (Wildman–Crippen LogP) is 9.78. The van der Waals surface area contributed by atoms with Gasteiger partial charge >= 0.3 is 0 Å². The van der Waals surface area contributed by atoms with E-state index in [0.717, 1.165) is 68.4 Å². The topological polar surface area (TPSA) is 38.9 Å². The summed E-state index contributed by atoms with van der Waals surface area (Å²) in [6, 6.07) is 40.9. The van der Waals surface area contributed by atoms with E-state index >= 15 is 0 Å². The van der Waals surface area contributed by atoms with Gasteiger partial charge in [-0.3, -0.25) is 4.98 Å². The van der Waals surface area contributed by atoms with E-state index in [-0.39, 0.29) is 0 Å². The van der Waals surface area contributed by atoms with Crippen molar-refractivity contribution in [3.05, 3.63) is 133 Å². The Hall–Kier alpha value is -5.28. The molecule has 0 radical (unpaired) electrons. The minimum absolute atomic E-state index is 0.871. The lowest BCUT2D eigenvalue weighted by molar-refractivity contribution is 0.546. The molecule has 0 bridgehead atoms. The summed E-state index contributed by atoms with van der Waals surface area (Å²) in [4.78, 5) is 10.2. The Morgan fingerprint density at radius 3 is 2.10 bits per heavy atom. The van der Waals surface area contributed by atoms with E-state index < -0.39 is 0 Å². The molecule has 192 valence electrons. The third kappa shape index (κ3) is 3.39. The van der Waals surface area contributed by atoms with Crippen LogP contribution in [0.15, 0.2) is 126 Å². The minimum atomic E-state index is 0.871. The Morgan fingerprint density at radius 2 is 1.24 bits per heavy atom. The highest BCUT2D eigenvalue weighted by molar-refractivity contribution is 6.23. The van der Waals surface area contributed by atoms with E-state index in [4.69, 9.17) is 14.4 Å². The van der Waals surface area contributed by atoms with Crippen LogP contribution in [0, 0.1) is 0 Å². The van der Waals surface area contributed by atoms with Crippen LogP contribution < -0.4 is 0 Å². The van der Waals surface area contributed by atoms with E-state index in [0.29, 0.717) is 0 Å². The van der Waals surface area contributed by atoms with Gasteiger partial charge in [0.15, 0.2) is 0 Å². The maximum Gasteiger partial charge on any atom is 0.134 e. The highest BCUT2D eigenvalue weighted by atomic mass is 16.3. The zero-order chi connectivity index (χ0) is 26.9. The Bertz CT molecular complexity index is 2290. The van der Waals surface area contributed by atoms with Crippen LogP contribution in [0.1, 0.15) is 11.3 Å². The molecule has 0 spiro atoms. The molecule has 2 heterocycles. The van der Waals surface area contributed by atoms with Gasteiger partial charge < -0.3 is 4.42 Å². The molecular formula is C38H24N2O. The third-order valence-corrected chi connectivity index (χ3v) is 8.59. The first-order chi connectivity index (χ1) is 20.3. The number of furan rings is 1. The Balaban J connectivity index is 1.20. The second-order valence-electron chi connectivity index (χ2n) is 10.9. The zero-order valence-corrected chi connectivity index (χ0v) is 22.3. The summed E-state index contributed by atoms with van der Waals surface area (Å²) < 4.78 is 6.32. The molecular weight excluding hydrogens is 500 g/mol. The van der Waals surface area contributed by atoms with Gasteiger partial charge in [-0.2, -0.15) is 0 Å². The number of nitrogens with zero attached hydrogens (tertiary/aromatic N) is 2. The van der Waals surface area contributed by atoms with Gasteiger partial charge in [0.25, 0.3) is 0 Å². The zero-order valence-electron chi connectivity index (χ0n) is 22.3. The summed E-state index contributed by atoms with van der Waals surface area (Å²) in [5.41, 5.74) is 11.0. The predicted molar refractivity (Wildman–Crippen MR) is 168 cm³/mol. The van der Waals surface area contributed by atoms with Gasteiger partial charge in [0.2, 0.25) is 0 Å². The fraction of sp³-hybridized carbons (Fsp3) is 0.0526. The number of aryl methyl sites for hydroxylation is 2. The van der Waals surface area contributed by atoms with Crippen LogP contribution in [0.5, 0.6) is 0 Å². The first kappa shape index (κ1) is 22.5. The van der Waals surface area contributed by atoms with Crippen molar-refractivity contribution in [3.63, 3.8) is 0 Å². The monoisotopic (exact) mass is 524 g/mol. The minimum Gasteiger partial charge on any atom is -0.460 e. The van der Waals surface area contributed by atoms with E-state index in [1.807, 2.05) is 6.20 Å². The maximum atomic E-state index is 6.32. The second kappa shape index (κ2) is 8.61. The molecule has 6 aromatic carbocycles. The molecule has 1 aliphatic carbocycles. The first-order valence-corrected chi connectivity index (χ1v) is 14.1. The van der Waals surface area contributed by atoms with Crippen LogP contribution in [0.3, 0.4) is 0 Å². The van der Waals surface area contributed by atoms with E-state index in [9.17, 15) is 0 Å². The van der Waals surface area contributed by atoms with Crippen molar-refractivity contribution in [2.24, 2.45) is 0 Å². The second-order valence-corrected chi connectivity index (χ2v) is 10.9. The fourth-order valence-corrected chi connectivity index (χ4v) is 6.65. The lowest BCUT2D eigenvalue weighted by Gasteiger charge is -2.15. The highest BCUT2D eigenvalue weighted by Crippen LogP contribution is 2.42. The van der Waals surface area contributed by atoms with Crippen LogP contribution in [0.25, 0.3) is 77.1 Å². The van der Waals surface area contributed by atoms with Crippen molar-refractivity contribution in [2.45, 2.75) is 12.8 Å². The molecule has 0 saturated heterocycles. The smallest absolute Gasteiger partial charge is 0.134 e. The summed E-state index contributed by atoms with van der Waals surface area (Å²) in [5, 5.41) is 5.85. The first-order valence-electron chi connectivity index (χ1n) is 14.1. The van der Waals surface area contributed by atoms with Crippen LogP contribution in [-0.2, 0) is 12.8 Å². The Morgan fingerprint density at radius 1 is 0.537 bits per heavy atom. The fourth-order valence-electron chi connectivity index (χ4n) is 6.65. The molecule has 1 aliphatic rings. The summed E-state index contributed by atoms with van der Waals surface area (Å²) >= 11 is 0. The maximum absolute atomic E-state index is 6.32. The Labute approximate surface area is 236 Å². The molecule has 0 amide bonds. The molecule has 0 unspecified atom stereocenters. The van der Waals surface area contributed by atoms with Gasteiger partial charge in [-0.1, -0.05) is 97.1 Å². The lowest BCUT2D eigenvalue weighted by atomic mass is 9.88. The quantitative estimate of drug-likeness (QED) is 0.211. The number of hydrogen-bond donors (Lipinski definition) is 0. The number of fused-ring (bicyclic) bond motifs is 11. The van der Waals surface area contributed by atoms with Crippen LogP contribution in [0.4, 0.5) is 0 Å². The van der Waals surface area contributed by atoms with Gasteiger partial charge in [0.05, 0.1) is 22.9 Å². The van der Waals surface area contributed by atoms with Gasteiger partial charge in [0.1, 0.15) is 11.3 Å². The molecule has 2 aromatic heterocycles. The Kier molecular flexibility index (Phi) is 4.73. The molecule has 0 N–H and O–H groups in total. The lowest BCUT2D eigenvalue weighted by Crippen LogP contribution is -2.01. The standard InChI is InChI=1S/C38H24N2O/c1-2-11-27-23(8-1)16-19-35-36(27)32-21-25(17-18-34(32)41-35)24-9-7-10-26(20-24)33-22-39-37-30-14-5-3-12-28(30)29-13-4-6-15-31(29)38(37)40-33/h1-15,17-18,20-22H,16,19H2. The number of hydrogen-bond acceptors (Lipinski definition) is 3. The average molecular weight is 525 g/mol. The van der Waals surface area contributed by atoms with Gasteiger partial charge in [-0.05, 0) is 57.6 Å². The molecule has 41 heavy (non-hydrogen) atoms. The molecule has 3 nitrogen and oxygen atoms in total. The van der Waals surface area contributed by atoms with Crippen LogP contribution in [-0.4, -0.2) is 9.97 Å². The summed E-state index contributed by atoms with van der Waals surface area (Å²) in [6.45, 7) is 0. The summed E-state index contributed by atoms with van der Waals surface area (Å²) in [6.07, 6.45) is 3.88. The highest BCUT2D eigenvalue weighted by Gasteiger charge is 2.23. The molecule has 9 rings (SSSR count). The van der Waals surface area contributed by atoms with Crippen LogP contribution in [0.2, 0.25) is 0 Å². The van der Waals surface area contributed by atoms with Crippen LogP contribution >= 0.6 is 0 Å². The molecule has 0 fully saturated rings. The van der Waals surface area contributed by atoms with Gasteiger partial charge in [-0.25, -0.2) is 4.98 Å². The van der Waals surface area contributed by atoms with Crippen molar-refractivity contribution in [3.8, 4) is 33.5 Å². The van der Waals surface area contributed by atoms with Gasteiger partial charge in [0, 0.05) is 33.7 Å². The van der Waals surface area contributed by atoms with Crippen molar-refractivity contribution < 1.29 is 4.42 Å².